The van der Waals surface area contributed by atoms with Gasteiger partial charge in [0.15, 0.2) is 5.76 Å². The summed E-state index contributed by atoms with van der Waals surface area (Å²) in [6.07, 6.45) is 3.60. The molecule has 7 heteroatoms. The third-order valence-electron chi connectivity index (χ3n) is 4.94. The molecule has 0 bridgehead atoms. The molecule has 0 aliphatic heterocycles. The number of ether oxygens (including phenoxy) is 2. The Bertz CT molecular complexity index is 1250. The van der Waals surface area contributed by atoms with Crippen LogP contribution < -0.4 is 14.8 Å². The van der Waals surface area contributed by atoms with Gasteiger partial charge in [-0.25, -0.2) is 4.98 Å². The van der Waals surface area contributed by atoms with Crippen LogP contribution in [0.25, 0.3) is 22.8 Å². The van der Waals surface area contributed by atoms with Gasteiger partial charge in [0.2, 0.25) is 5.89 Å². The summed E-state index contributed by atoms with van der Waals surface area (Å²) in [7, 11) is 3.18. The second-order valence-electron chi connectivity index (χ2n) is 6.80. The van der Waals surface area contributed by atoms with Crippen LogP contribution in [0.5, 0.6) is 11.5 Å². The third kappa shape index (κ3) is 4.33. The van der Waals surface area contributed by atoms with Crippen molar-refractivity contribution >= 4 is 23.4 Å². The first-order chi connectivity index (χ1) is 15.6. The number of carbonyl (C=O) groups is 1. The molecule has 6 nitrogen and oxygen atoms in total. The van der Waals surface area contributed by atoms with Crippen molar-refractivity contribution in [2.45, 2.75) is 4.90 Å². The molecule has 0 unspecified atom stereocenters. The predicted octanol–water partition coefficient (Wildman–Crippen LogP) is 6.00. The van der Waals surface area contributed by atoms with Crippen LogP contribution in [0, 0.1) is 0 Å². The van der Waals surface area contributed by atoms with Gasteiger partial charge in [-0.2, -0.15) is 0 Å². The second kappa shape index (κ2) is 9.62. The maximum atomic E-state index is 13.1. The van der Waals surface area contributed by atoms with Gasteiger partial charge in [-0.1, -0.05) is 24.3 Å². The largest absolute Gasteiger partial charge is 0.497 e. The normalized spacial score (nSPS) is 10.6. The number of oxazole rings is 1. The molecule has 1 heterocycles. The molecule has 0 aliphatic rings. The van der Waals surface area contributed by atoms with Crippen LogP contribution >= 0.6 is 11.8 Å². The number of benzene rings is 3. The van der Waals surface area contributed by atoms with Gasteiger partial charge in [0.05, 0.1) is 37.2 Å². The molecule has 4 rings (SSSR count). The Labute approximate surface area is 190 Å². The quantitative estimate of drug-likeness (QED) is 0.351. The van der Waals surface area contributed by atoms with Crippen LogP contribution in [0.2, 0.25) is 0 Å². The molecule has 32 heavy (non-hydrogen) atoms. The van der Waals surface area contributed by atoms with Crippen molar-refractivity contribution < 1.29 is 18.7 Å². The average molecular weight is 447 g/mol. The maximum absolute atomic E-state index is 13.1. The molecule has 0 aliphatic carbocycles. The SMILES string of the molecule is COc1ccc(-c2cnc(-c3ccccc3C(=O)Nc3ccccc3SC)o2)c(OC)c1. The zero-order valence-electron chi connectivity index (χ0n) is 17.9. The molecule has 1 amide bonds. The molecule has 1 N–H and O–H groups in total. The van der Waals surface area contributed by atoms with Crippen LogP contribution in [0.3, 0.4) is 0 Å². The Morgan fingerprint density at radius 3 is 2.53 bits per heavy atom. The van der Waals surface area contributed by atoms with Crippen LogP contribution in [0.4, 0.5) is 5.69 Å². The van der Waals surface area contributed by atoms with E-state index < -0.39 is 0 Å². The molecule has 4 aromatic rings. The summed E-state index contributed by atoms with van der Waals surface area (Å²) < 4.78 is 16.8. The lowest BCUT2D eigenvalue weighted by Gasteiger charge is -2.11. The lowest BCUT2D eigenvalue weighted by molar-refractivity contribution is 0.102. The molecule has 0 radical (unpaired) electrons. The molecule has 0 atom stereocenters. The van der Waals surface area contributed by atoms with Crippen LogP contribution in [-0.4, -0.2) is 31.4 Å². The van der Waals surface area contributed by atoms with E-state index in [1.807, 2.05) is 60.9 Å². The number of nitrogens with one attached hydrogen (secondary N) is 1. The second-order valence-corrected chi connectivity index (χ2v) is 7.64. The molecule has 3 aromatic carbocycles. The van der Waals surface area contributed by atoms with Gasteiger partial charge in [-0.05, 0) is 42.7 Å². The van der Waals surface area contributed by atoms with Gasteiger partial charge in [0.25, 0.3) is 5.91 Å². The molecule has 0 saturated carbocycles. The number of hydrogen-bond donors (Lipinski definition) is 1. The number of rotatable bonds is 7. The van der Waals surface area contributed by atoms with E-state index in [-0.39, 0.29) is 5.91 Å². The summed E-state index contributed by atoms with van der Waals surface area (Å²) in [5, 5.41) is 2.99. The predicted molar refractivity (Wildman–Crippen MR) is 127 cm³/mol. The van der Waals surface area contributed by atoms with Crippen molar-refractivity contribution in [1.82, 2.24) is 4.98 Å². The first-order valence-corrected chi connectivity index (χ1v) is 11.1. The summed E-state index contributed by atoms with van der Waals surface area (Å²) in [4.78, 5) is 18.5. The Morgan fingerprint density at radius 2 is 1.75 bits per heavy atom. The third-order valence-corrected chi connectivity index (χ3v) is 5.73. The summed E-state index contributed by atoms with van der Waals surface area (Å²) in [6, 6.07) is 20.4. The summed E-state index contributed by atoms with van der Waals surface area (Å²) in [5.74, 6) is 1.93. The zero-order valence-corrected chi connectivity index (χ0v) is 18.7. The zero-order chi connectivity index (χ0) is 22.5. The van der Waals surface area contributed by atoms with Crippen molar-refractivity contribution in [3.05, 3.63) is 78.5 Å². The molecular formula is C25H22N2O4S. The van der Waals surface area contributed by atoms with Crippen LogP contribution in [0.1, 0.15) is 10.4 Å². The molecular weight excluding hydrogens is 424 g/mol. The van der Waals surface area contributed by atoms with Gasteiger partial charge >= 0.3 is 0 Å². The van der Waals surface area contributed by atoms with Gasteiger partial charge < -0.3 is 19.2 Å². The Morgan fingerprint density at radius 1 is 0.969 bits per heavy atom. The number of hydrogen-bond acceptors (Lipinski definition) is 6. The van der Waals surface area contributed by atoms with Crippen molar-refractivity contribution in [2.24, 2.45) is 0 Å². The van der Waals surface area contributed by atoms with Gasteiger partial charge in [-0.3, -0.25) is 4.79 Å². The maximum Gasteiger partial charge on any atom is 0.256 e. The van der Waals surface area contributed by atoms with Crippen molar-refractivity contribution in [3.8, 4) is 34.3 Å². The van der Waals surface area contributed by atoms with E-state index in [1.165, 1.54) is 0 Å². The summed E-state index contributed by atoms with van der Waals surface area (Å²) in [5.41, 5.74) is 2.57. The highest BCUT2D eigenvalue weighted by Crippen LogP contribution is 2.36. The first kappa shape index (κ1) is 21.5. The van der Waals surface area contributed by atoms with E-state index in [2.05, 4.69) is 10.3 Å². The number of nitrogens with zero attached hydrogens (tertiary/aromatic N) is 1. The number of carbonyl (C=O) groups excluding carboxylic acids is 1. The van der Waals surface area contributed by atoms with Crippen molar-refractivity contribution in [1.29, 1.82) is 0 Å². The van der Waals surface area contributed by atoms with E-state index >= 15 is 0 Å². The highest BCUT2D eigenvalue weighted by Gasteiger charge is 2.19. The Kier molecular flexibility index (Phi) is 6.47. The smallest absolute Gasteiger partial charge is 0.256 e. The van der Waals surface area contributed by atoms with E-state index in [9.17, 15) is 4.79 Å². The van der Waals surface area contributed by atoms with Gasteiger partial charge in [-0.15, -0.1) is 11.8 Å². The number of amides is 1. The topological polar surface area (TPSA) is 73.6 Å². The number of thioether (sulfide) groups is 1. The summed E-state index contributed by atoms with van der Waals surface area (Å²) in [6.45, 7) is 0. The van der Waals surface area contributed by atoms with Crippen LogP contribution in [-0.2, 0) is 0 Å². The number of para-hydroxylation sites is 1. The van der Waals surface area contributed by atoms with E-state index in [0.29, 0.717) is 34.3 Å². The average Bonchev–Trinajstić information content (AvgIpc) is 3.33. The fourth-order valence-electron chi connectivity index (χ4n) is 3.33. The highest BCUT2D eigenvalue weighted by atomic mass is 32.2. The fourth-order valence-corrected chi connectivity index (χ4v) is 3.88. The minimum atomic E-state index is -0.233. The lowest BCUT2D eigenvalue weighted by atomic mass is 10.1. The van der Waals surface area contributed by atoms with Gasteiger partial charge in [0, 0.05) is 16.5 Å². The van der Waals surface area contributed by atoms with E-state index in [4.69, 9.17) is 13.9 Å². The van der Waals surface area contributed by atoms with Crippen molar-refractivity contribution in [3.63, 3.8) is 0 Å². The summed E-state index contributed by atoms with van der Waals surface area (Å²) >= 11 is 1.57. The highest BCUT2D eigenvalue weighted by molar-refractivity contribution is 7.98. The first-order valence-electron chi connectivity index (χ1n) is 9.86. The monoisotopic (exact) mass is 446 g/mol. The molecule has 0 spiro atoms. The Balaban J connectivity index is 1.67. The van der Waals surface area contributed by atoms with Gasteiger partial charge in [0.1, 0.15) is 11.5 Å². The van der Waals surface area contributed by atoms with Crippen LogP contribution in [0.15, 0.2) is 82.2 Å². The number of aromatic nitrogens is 1. The lowest BCUT2D eigenvalue weighted by Crippen LogP contribution is -2.13. The fraction of sp³-hybridized carbons (Fsp3) is 0.120. The molecule has 1 aromatic heterocycles. The number of methoxy groups -OCH3 is 2. The molecule has 0 fully saturated rings. The minimum Gasteiger partial charge on any atom is -0.497 e. The molecule has 162 valence electrons. The van der Waals surface area contributed by atoms with E-state index in [0.717, 1.165) is 16.1 Å². The Hall–Kier alpha value is -3.71. The number of anilines is 1. The van der Waals surface area contributed by atoms with E-state index in [1.54, 1.807) is 44.3 Å². The van der Waals surface area contributed by atoms with Crippen molar-refractivity contribution in [2.75, 3.05) is 25.8 Å². The molecule has 0 saturated heterocycles. The minimum absolute atomic E-state index is 0.233. The standard InChI is InChI=1S/C25H22N2O4S/c1-29-16-12-13-19(21(14-16)30-2)22-15-26-25(31-22)18-9-5-4-8-17(18)24(28)27-20-10-6-7-11-23(20)32-3/h4-15H,1-3H3,(H,27,28).